The van der Waals surface area contributed by atoms with Gasteiger partial charge in [0.15, 0.2) is 5.65 Å². The lowest BCUT2D eigenvalue weighted by Gasteiger charge is -2.33. The van der Waals surface area contributed by atoms with E-state index in [0.29, 0.717) is 12.6 Å². The smallest absolute Gasteiger partial charge is 0.243 e. The van der Waals surface area contributed by atoms with Crippen LogP contribution in [0.25, 0.3) is 27.8 Å². The van der Waals surface area contributed by atoms with Crippen LogP contribution in [-0.2, 0) is 11.8 Å². The van der Waals surface area contributed by atoms with Crippen LogP contribution in [0.4, 0.5) is 17.6 Å². The van der Waals surface area contributed by atoms with Crippen LogP contribution in [0.15, 0.2) is 42.7 Å². The molecule has 6 rings (SSSR count). The number of aromatic nitrogens is 7. The number of hydrogen-bond acceptors (Lipinski definition) is 8. The van der Waals surface area contributed by atoms with Gasteiger partial charge >= 0.3 is 0 Å². The molecule has 5 heterocycles. The normalized spacial score (nSPS) is 16.9. The van der Waals surface area contributed by atoms with Crippen LogP contribution in [0, 0.1) is 0 Å². The molecule has 11 heteroatoms. The third-order valence-corrected chi connectivity index (χ3v) is 7.69. The molecule has 1 saturated heterocycles. The van der Waals surface area contributed by atoms with Gasteiger partial charge < -0.3 is 25.3 Å². The summed E-state index contributed by atoms with van der Waals surface area (Å²) in [5.74, 6) is 1.84. The Hall–Kier alpha value is -4.12. The molecule has 0 radical (unpaired) electrons. The number of benzene rings is 1. The van der Waals surface area contributed by atoms with E-state index in [1.165, 1.54) is 0 Å². The van der Waals surface area contributed by atoms with Crippen molar-refractivity contribution in [3.8, 4) is 11.1 Å². The monoisotopic (exact) mass is 542 g/mol. The van der Waals surface area contributed by atoms with Gasteiger partial charge in [-0.1, -0.05) is 13.8 Å². The van der Waals surface area contributed by atoms with E-state index in [9.17, 15) is 0 Å². The van der Waals surface area contributed by atoms with Crippen LogP contribution in [-0.4, -0.2) is 59.7 Å². The van der Waals surface area contributed by atoms with Crippen molar-refractivity contribution < 1.29 is 4.74 Å². The van der Waals surface area contributed by atoms with Crippen LogP contribution in [0.2, 0.25) is 0 Å². The molecule has 4 aromatic heterocycles. The zero-order valence-electron chi connectivity index (χ0n) is 23.9. The lowest BCUT2D eigenvalue weighted by molar-refractivity contribution is 0.0160. The molecule has 1 aliphatic heterocycles. The van der Waals surface area contributed by atoms with Crippen molar-refractivity contribution in [3.05, 3.63) is 48.4 Å². The van der Waals surface area contributed by atoms with Gasteiger partial charge in [0.05, 0.1) is 22.9 Å². The first-order valence-electron chi connectivity index (χ1n) is 14.1. The molecule has 3 N–H and O–H groups in total. The first-order chi connectivity index (χ1) is 19.3. The number of aryl methyl sites for hydroxylation is 1. The quantitative estimate of drug-likeness (QED) is 0.268. The lowest BCUT2D eigenvalue weighted by atomic mass is 10.00. The zero-order valence-corrected chi connectivity index (χ0v) is 23.9. The topological polar surface area (TPSA) is 116 Å². The molecule has 0 amide bonds. The highest BCUT2D eigenvalue weighted by atomic mass is 16.5. The van der Waals surface area contributed by atoms with E-state index < -0.39 is 0 Å². The zero-order chi connectivity index (χ0) is 28.0. The van der Waals surface area contributed by atoms with Crippen molar-refractivity contribution in [2.75, 3.05) is 35.6 Å². The minimum absolute atomic E-state index is 0.121. The van der Waals surface area contributed by atoms with Crippen molar-refractivity contribution >= 4 is 34.3 Å². The van der Waals surface area contributed by atoms with Crippen LogP contribution in [0.5, 0.6) is 0 Å². The summed E-state index contributed by atoms with van der Waals surface area (Å²) in [5.41, 5.74) is 12.8. The minimum Gasteiger partial charge on any atom is -0.399 e. The second kappa shape index (κ2) is 10.5. The number of imidazole rings is 1. The summed E-state index contributed by atoms with van der Waals surface area (Å²) in [6, 6.07) is 10.2. The van der Waals surface area contributed by atoms with Crippen LogP contribution in [0.1, 0.15) is 58.4 Å². The Morgan fingerprint density at radius 3 is 2.80 bits per heavy atom. The lowest BCUT2D eigenvalue weighted by Crippen LogP contribution is -2.43. The highest BCUT2D eigenvalue weighted by molar-refractivity contribution is 5.82. The fraction of sp³-hybridized carbons (Fsp3) is 0.448. The van der Waals surface area contributed by atoms with Gasteiger partial charge in [0.2, 0.25) is 11.9 Å². The van der Waals surface area contributed by atoms with E-state index in [4.69, 9.17) is 25.5 Å². The number of pyridine rings is 1. The Morgan fingerprint density at radius 1 is 1.15 bits per heavy atom. The Kier molecular flexibility index (Phi) is 6.83. The Bertz CT molecular complexity index is 1650. The van der Waals surface area contributed by atoms with Crippen molar-refractivity contribution in [2.24, 2.45) is 7.05 Å². The Morgan fingerprint density at radius 2 is 2.00 bits per heavy atom. The van der Waals surface area contributed by atoms with Gasteiger partial charge in [-0.05, 0) is 62.9 Å². The fourth-order valence-corrected chi connectivity index (χ4v) is 5.77. The number of hydrogen-bond donors (Lipinski definition) is 2. The number of ether oxygens (including phenoxy) is 1. The predicted octanol–water partition coefficient (Wildman–Crippen LogP) is 4.82. The molecule has 2 unspecified atom stereocenters. The molecule has 0 saturated carbocycles. The highest BCUT2D eigenvalue weighted by Gasteiger charge is 2.25. The van der Waals surface area contributed by atoms with Gasteiger partial charge in [-0.2, -0.15) is 10.1 Å². The molecule has 0 bridgehead atoms. The number of nitrogens with zero attached hydrogens (tertiary/aromatic N) is 8. The van der Waals surface area contributed by atoms with E-state index in [1.54, 1.807) is 0 Å². The van der Waals surface area contributed by atoms with E-state index >= 15 is 0 Å². The fourth-order valence-electron chi connectivity index (χ4n) is 5.77. The first kappa shape index (κ1) is 26.1. The summed E-state index contributed by atoms with van der Waals surface area (Å²) in [6.07, 6.45) is 5.91. The maximum atomic E-state index is 6.00. The van der Waals surface area contributed by atoms with Gasteiger partial charge in [-0.25, -0.2) is 14.2 Å². The summed E-state index contributed by atoms with van der Waals surface area (Å²) < 4.78 is 11.7. The second-order valence-corrected chi connectivity index (χ2v) is 10.9. The van der Waals surface area contributed by atoms with E-state index in [0.717, 1.165) is 71.1 Å². The van der Waals surface area contributed by atoms with Gasteiger partial charge in [-0.3, -0.25) is 0 Å². The SMILES string of the molecule is CCOC(C)n1cc(-c2ccc3nc(NC4CCCN(c5nc6cc(N)ccc6n5C)C4)nn3c2C(C)C)cn1. The maximum Gasteiger partial charge on any atom is 0.243 e. The van der Waals surface area contributed by atoms with Crippen molar-refractivity contribution in [1.82, 2.24) is 33.9 Å². The molecule has 1 aliphatic rings. The molecule has 210 valence electrons. The molecule has 40 heavy (non-hydrogen) atoms. The number of rotatable bonds is 8. The number of anilines is 3. The van der Waals surface area contributed by atoms with Crippen LogP contribution in [0.3, 0.4) is 0 Å². The number of nitrogens with one attached hydrogen (secondary N) is 1. The third kappa shape index (κ3) is 4.74. The second-order valence-electron chi connectivity index (χ2n) is 10.9. The van der Waals surface area contributed by atoms with E-state index in [2.05, 4.69) is 46.8 Å². The molecule has 0 spiro atoms. The van der Waals surface area contributed by atoms with Crippen LogP contribution >= 0.6 is 0 Å². The molecular weight excluding hydrogens is 504 g/mol. The van der Waals surface area contributed by atoms with Gasteiger partial charge in [0.1, 0.15) is 6.23 Å². The molecule has 11 nitrogen and oxygen atoms in total. The number of nitrogens with two attached hydrogens (primary N) is 1. The number of piperidine rings is 1. The predicted molar refractivity (Wildman–Crippen MR) is 159 cm³/mol. The molecule has 0 aliphatic carbocycles. The molecule has 1 aromatic carbocycles. The number of nitrogen functional groups attached to an aromatic ring is 1. The summed E-state index contributed by atoms with van der Waals surface area (Å²) in [5, 5.41) is 13.1. The molecule has 5 aromatic rings. The first-order valence-corrected chi connectivity index (χ1v) is 14.1. The standard InChI is InChI=1S/C29H38N10O/c1-6-40-19(4)38-16-20(15-31-38)23-10-12-26-34-28(35-39(26)27(23)18(2)3)32-22-8-7-13-37(17-22)29-33-24-14-21(30)9-11-25(24)36(29)5/h9-12,14-16,18-19,22H,6-8,13,17,30H2,1-5H3,(H,32,35). The van der Waals surface area contributed by atoms with Crippen molar-refractivity contribution in [2.45, 2.75) is 58.7 Å². The Labute approximate surface area is 234 Å². The van der Waals surface area contributed by atoms with Gasteiger partial charge in [-0.15, -0.1) is 5.10 Å². The minimum atomic E-state index is -0.121. The van der Waals surface area contributed by atoms with Gasteiger partial charge in [0, 0.05) is 55.8 Å². The van der Waals surface area contributed by atoms with Gasteiger partial charge in [0.25, 0.3) is 0 Å². The van der Waals surface area contributed by atoms with Crippen LogP contribution < -0.4 is 16.0 Å². The van der Waals surface area contributed by atoms with E-state index in [-0.39, 0.29) is 18.2 Å². The molecular formula is C29H38N10O. The third-order valence-electron chi connectivity index (χ3n) is 7.69. The summed E-state index contributed by atoms with van der Waals surface area (Å²) >= 11 is 0. The molecule has 1 fully saturated rings. The Balaban J connectivity index is 1.25. The average Bonchev–Trinajstić information content (AvgIpc) is 3.65. The highest BCUT2D eigenvalue weighted by Crippen LogP contribution is 2.31. The van der Waals surface area contributed by atoms with E-state index in [1.807, 2.05) is 59.7 Å². The molecule has 2 atom stereocenters. The number of fused-ring (bicyclic) bond motifs is 2. The summed E-state index contributed by atoms with van der Waals surface area (Å²) in [4.78, 5) is 12.1. The summed E-state index contributed by atoms with van der Waals surface area (Å²) in [6.45, 7) is 10.8. The summed E-state index contributed by atoms with van der Waals surface area (Å²) in [7, 11) is 2.06. The van der Waals surface area contributed by atoms with Crippen molar-refractivity contribution in [1.29, 1.82) is 0 Å². The largest absolute Gasteiger partial charge is 0.399 e. The average molecular weight is 543 g/mol. The van der Waals surface area contributed by atoms with Crippen molar-refractivity contribution in [3.63, 3.8) is 0 Å². The maximum absolute atomic E-state index is 6.00.